The molecule has 0 aromatic heterocycles. The molecule has 0 atom stereocenters. The van der Waals surface area contributed by atoms with Crippen LogP contribution >= 0.6 is 11.8 Å². The molecule has 0 aliphatic rings. The van der Waals surface area contributed by atoms with Gasteiger partial charge in [-0.3, -0.25) is 14.9 Å². The highest BCUT2D eigenvalue weighted by Gasteiger charge is 2.06. The van der Waals surface area contributed by atoms with E-state index in [1.165, 1.54) is 41.6 Å². The predicted molar refractivity (Wildman–Crippen MR) is 84.3 cm³/mol. The van der Waals surface area contributed by atoms with Gasteiger partial charge in [-0.25, -0.2) is 0 Å². The Morgan fingerprint density at radius 3 is 2.38 bits per heavy atom. The van der Waals surface area contributed by atoms with Gasteiger partial charge >= 0.3 is 0 Å². The van der Waals surface area contributed by atoms with Gasteiger partial charge in [0.05, 0.1) is 10.7 Å². The molecular formula is C15H14N2O3S. The molecule has 0 fully saturated rings. The van der Waals surface area contributed by atoms with E-state index in [0.717, 1.165) is 5.75 Å². The highest BCUT2D eigenvalue weighted by Crippen LogP contribution is 2.16. The summed E-state index contributed by atoms with van der Waals surface area (Å²) in [5.41, 5.74) is 1.74. The summed E-state index contributed by atoms with van der Waals surface area (Å²) in [6.45, 7) is 0. The number of non-ortho nitro benzene ring substituents is 1. The summed E-state index contributed by atoms with van der Waals surface area (Å²) in [5.74, 6) is 0.991. The molecule has 0 bridgehead atoms. The van der Waals surface area contributed by atoms with E-state index in [2.05, 4.69) is 5.32 Å². The minimum atomic E-state index is -0.471. The van der Waals surface area contributed by atoms with Crippen LogP contribution in [-0.4, -0.2) is 16.6 Å². The van der Waals surface area contributed by atoms with E-state index >= 15 is 0 Å². The Bertz CT molecular complexity index is 615. The van der Waals surface area contributed by atoms with Crippen molar-refractivity contribution in [1.82, 2.24) is 0 Å². The maximum atomic E-state index is 11.8. The van der Waals surface area contributed by atoms with Crippen molar-refractivity contribution in [2.75, 3.05) is 11.1 Å². The molecule has 0 unspecified atom stereocenters. The number of carbonyl (C=O) groups excluding carboxylic acids is 1. The van der Waals surface area contributed by atoms with E-state index in [1.807, 2.05) is 30.3 Å². The number of nitro groups is 1. The number of nitro benzene ring substituents is 1. The lowest BCUT2D eigenvalue weighted by Crippen LogP contribution is -2.14. The first-order valence-corrected chi connectivity index (χ1v) is 7.46. The van der Waals surface area contributed by atoms with Crippen molar-refractivity contribution in [2.24, 2.45) is 0 Å². The van der Waals surface area contributed by atoms with E-state index in [-0.39, 0.29) is 11.6 Å². The fraction of sp³-hybridized carbons (Fsp3) is 0.133. The fourth-order valence-electron chi connectivity index (χ4n) is 1.70. The maximum Gasteiger partial charge on any atom is 0.269 e. The lowest BCUT2D eigenvalue weighted by Gasteiger charge is -2.05. The Kier molecular flexibility index (Phi) is 5.34. The minimum absolute atomic E-state index is 0.00597. The highest BCUT2D eigenvalue weighted by atomic mass is 32.2. The Morgan fingerprint density at radius 2 is 1.76 bits per heavy atom. The molecule has 6 heteroatoms. The van der Waals surface area contributed by atoms with Crippen LogP contribution in [0.2, 0.25) is 0 Å². The van der Waals surface area contributed by atoms with Crippen LogP contribution < -0.4 is 5.32 Å². The van der Waals surface area contributed by atoms with Gasteiger partial charge < -0.3 is 5.32 Å². The third-order valence-electron chi connectivity index (χ3n) is 2.71. The summed E-state index contributed by atoms with van der Waals surface area (Å²) >= 11 is 1.52. The second-order valence-corrected chi connectivity index (χ2v) is 5.32. The lowest BCUT2D eigenvalue weighted by molar-refractivity contribution is -0.384. The average molecular weight is 302 g/mol. The quantitative estimate of drug-likeness (QED) is 0.655. The van der Waals surface area contributed by atoms with Crippen LogP contribution in [0.3, 0.4) is 0 Å². The summed E-state index contributed by atoms with van der Waals surface area (Å²) in [6, 6.07) is 15.7. The molecule has 5 nitrogen and oxygen atoms in total. The molecule has 0 saturated heterocycles. The Labute approximate surface area is 126 Å². The topological polar surface area (TPSA) is 72.2 Å². The van der Waals surface area contributed by atoms with Gasteiger partial charge in [-0.05, 0) is 17.7 Å². The Balaban J connectivity index is 1.78. The molecule has 1 amide bonds. The predicted octanol–water partition coefficient (Wildman–Crippen LogP) is 3.47. The molecule has 0 spiro atoms. The molecule has 0 heterocycles. The zero-order valence-corrected chi connectivity index (χ0v) is 12.0. The summed E-state index contributed by atoms with van der Waals surface area (Å²) < 4.78 is 0. The van der Waals surface area contributed by atoms with E-state index in [0.29, 0.717) is 11.4 Å². The van der Waals surface area contributed by atoms with Gasteiger partial charge in [-0.1, -0.05) is 30.3 Å². The number of nitrogens with zero attached hydrogens (tertiary/aromatic N) is 1. The molecule has 2 aromatic rings. The summed E-state index contributed by atoms with van der Waals surface area (Å²) in [6.07, 6.45) is 0. The maximum absolute atomic E-state index is 11.8. The molecule has 0 aliphatic heterocycles. The van der Waals surface area contributed by atoms with Gasteiger partial charge in [0.15, 0.2) is 0 Å². The van der Waals surface area contributed by atoms with Gasteiger partial charge in [0.25, 0.3) is 5.69 Å². The van der Waals surface area contributed by atoms with Crippen LogP contribution in [0.25, 0.3) is 0 Å². The van der Waals surface area contributed by atoms with E-state index < -0.39 is 4.92 Å². The summed E-state index contributed by atoms with van der Waals surface area (Å²) in [4.78, 5) is 21.8. The van der Waals surface area contributed by atoms with Crippen LogP contribution in [0.4, 0.5) is 11.4 Å². The van der Waals surface area contributed by atoms with E-state index in [9.17, 15) is 14.9 Å². The number of hydrogen-bond acceptors (Lipinski definition) is 4. The molecule has 2 aromatic carbocycles. The number of anilines is 1. The normalized spacial score (nSPS) is 10.1. The first-order valence-electron chi connectivity index (χ1n) is 6.31. The van der Waals surface area contributed by atoms with Crippen molar-refractivity contribution >= 4 is 29.0 Å². The standard InChI is InChI=1S/C15H14N2O3S/c18-15(11-21-10-12-4-2-1-3-5-12)16-13-6-8-14(9-7-13)17(19)20/h1-9H,10-11H2,(H,16,18). The van der Waals surface area contributed by atoms with Gasteiger partial charge in [0.2, 0.25) is 5.91 Å². The molecule has 108 valence electrons. The molecule has 2 rings (SSSR count). The number of hydrogen-bond donors (Lipinski definition) is 1. The van der Waals surface area contributed by atoms with Crippen molar-refractivity contribution in [1.29, 1.82) is 0 Å². The molecule has 0 saturated carbocycles. The van der Waals surface area contributed by atoms with E-state index in [1.54, 1.807) is 0 Å². The number of thioether (sulfide) groups is 1. The first-order chi connectivity index (χ1) is 10.1. The van der Waals surface area contributed by atoms with Gasteiger partial charge in [0, 0.05) is 23.6 Å². The van der Waals surface area contributed by atoms with Gasteiger partial charge in [0.1, 0.15) is 0 Å². The number of carbonyl (C=O) groups is 1. The first kappa shape index (κ1) is 15.1. The minimum Gasteiger partial charge on any atom is -0.325 e. The van der Waals surface area contributed by atoms with Crippen LogP contribution in [0.5, 0.6) is 0 Å². The van der Waals surface area contributed by atoms with Crippen LogP contribution in [0.15, 0.2) is 54.6 Å². The molecule has 0 aliphatic carbocycles. The fourth-order valence-corrected chi connectivity index (χ4v) is 2.49. The lowest BCUT2D eigenvalue weighted by atomic mass is 10.2. The zero-order chi connectivity index (χ0) is 15.1. The third-order valence-corrected chi connectivity index (χ3v) is 3.71. The van der Waals surface area contributed by atoms with Crippen LogP contribution in [0, 0.1) is 10.1 Å². The Morgan fingerprint density at radius 1 is 1.10 bits per heavy atom. The van der Waals surface area contributed by atoms with Crippen molar-refractivity contribution in [2.45, 2.75) is 5.75 Å². The monoisotopic (exact) mass is 302 g/mol. The smallest absolute Gasteiger partial charge is 0.269 e. The second kappa shape index (κ2) is 7.44. The second-order valence-electron chi connectivity index (χ2n) is 4.33. The molecular weight excluding hydrogens is 288 g/mol. The largest absolute Gasteiger partial charge is 0.325 e. The van der Waals surface area contributed by atoms with Crippen LogP contribution in [0.1, 0.15) is 5.56 Å². The summed E-state index contributed by atoms with van der Waals surface area (Å²) in [5, 5.41) is 13.2. The number of amides is 1. The molecule has 21 heavy (non-hydrogen) atoms. The number of benzene rings is 2. The van der Waals surface area contributed by atoms with Gasteiger partial charge in [-0.15, -0.1) is 11.8 Å². The van der Waals surface area contributed by atoms with Crippen molar-refractivity contribution < 1.29 is 9.72 Å². The van der Waals surface area contributed by atoms with Crippen molar-refractivity contribution in [3.05, 3.63) is 70.3 Å². The number of rotatable bonds is 6. The van der Waals surface area contributed by atoms with Gasteiger partial charge in [-0.2, -0.15) is 0 Å². The van der Waals surface area contributed by atoms with E-state index in [4.69, 9.17) is 0 Å². The number of nitrogens with one attached hydrogen (secondary N) is 1. The Hall–Kier alpha value is -2.34. The van der Waals surface area contributed by atoms with Crippen LogP contribution in [-0.2, 0) is 10.5 Å². The third kappa shape index (κ3) is 4.92. The molecule has 1 N–H and O–H groups in total. The molecule has 0 radical (unpaired) electrons. The zero-order valence-electron chi connectivity index (χ0n) is 11.2. The average Bonchev–Trinajstić information content (AvgIpc) is 2.49. The van der Waals surface area contributed by atoms with Crippen molar-refractivity contribution in [3.63, 3.8) is 0 Å². The van der Waals surface area contributed by atoms with Crippen molar-refractivity contribution in [3.8, 4) is 0 Å². The highest BCUT2D eigenvalue weighted by molar-refractivity contribution is 7.99. The SMILES string of the molecule is O=C(CSCc1ccccc1)Nc1ccc([N+](=O)[O-])cc1. The summed E-state index contributed by atoms with van der Waals surface area (Å²) in [7, 11) is 0.